The minimum absolute atomic E-state index is 0.150. The highest BCUT2D eigenvalue weighted by molar-refractivity contribution is 9.10. The van der Waals surface area contributed by atoms with Crippen LogP contribution in [-0.4, -0.2) is 16.9 Å². The fourth-order valence-corrected chi connectivity index (χ4v) is 3.20. The number of aryl methyl sites for hydroxylation is 1. The zero-order valence-corrected chi connectivity index (χ0v) is 14.7. The fraction of sp³-hybridized carbons (Fsp3) is 0.333. The molecule has 0 atom stereocenters. The van der Waals surface area contributed by atoms with Crippen molar-refractivity contribution in [1.29, 1.82) is 0 Å². The summed E-state index contributed by atoms with van der Waals surface area (Å²) in [4.78, 5) is 16.6. The van der Waals surface area contributed by atoms with Crippen LogP contribution in [0.25, 0.3) is 0 Å². The summed E-state index contributed by atoms with van der Waals surface area (Å²) in [5, 5.41) is 6.38. The Morgan fingerprint density at radius 3 is 2.70 bits per heavy atom. The number of carbonyl (C=O) groups excluding carboxylic acids is 1. The average Bonchev–Trinajstić information content (AvgIpc) is 3.04. The Morgan fingerprint density at radius 2 is 1.96 bits per heavy atom. The number of pyridine rings is 1. The normalized spacial score (nSPS) is 14.7. The molecular formula is C18H20BrN3O. The number of anilines is 2. The van der Waals surface area contributed by atoms with Gasteiger partial charge in [-0.2, -0.15) is 0 Å². The maximum Gasteiger partial charge on any atom is 0.257 e. The number of nitrogens with zero attached hydrogens (tertiary/aromatic N) is 1. The van der Waals surface area contributed by atoms with Crippen LogP contribution in [0, 0.1) is 6.92 Å². The number of rotatable bonds is 4. The van der Waals surface area contributed by atoms with Crippen LogP contribution in [0.3, 0.4) is 0 Å². The van der Waals surface area contributed by atoms with E-state index in [0.717, 1.165) is 21.4 Å². The Kier molecular flexibility index (Phi) is 4.96. The van der Waals surface area contributed by atoms with Crippen LogP contribution in [0.1, 0.15) is 41.6 Å². The molecular weight excluding hydrogens is 354 g/mol. The number of amides is 1. The van der Waals surface area contributed by atoms with E-state index >= 15 is 0 Å². The van der Waals surface area contributed by atoms with Gasteiger partial charge in [0.1, 0.15) is 0 Å². The fourth-order valence-electron chi connectivity index (χ4n) is 2.82. The molecule has 1 amide bonds. The summed E-state index contributed by atoms with van der Waals surface area (Å²) < 4.78 is 0.977. The molecule has 2 N–H and O–H groups in total. The first-order valence-electron chi connectivity index (χ1n) is 7.91. The van der Waals surface area contributed by atoms with E-state index in [4.69, 9.17) is 0 Å². The zero-order chi connectivity index (χ0) is 16.2. The molecule has 0 unspecified atom stereocenters. The Hall–Kier alpha value is -1.88. The molecule has 1 aliphatic rings. The van der Waals surface area contributed by atoms with E-state index in [-0.39, 0.29) is 5.91 Å². The van der Waals surface area contributed by atoms with E-state index < -0.39 is 0 Å². The molecule has 23 heavy (non-hydrogen) atoms. The molecule has 5 heteroatoms. The lowest BCUT2D eigenvalue weighted by Crippen LogP contribution is -2.16. The van der Waals surface area contributed by atoms with Crippen LogP contribution in [0.5, 0.6) is 0 Å². The molecule has 0 spiro atoms. The van der Waals surface area contributed by atoms with Crippen molar-refractivity contribution in [3.05, 3.63) is 52.3 Å². The lowest BCUT2D eigenvalue weighted by Gasteiger charge is -2.14. The van der Waals surface area contributed by atoms with E-state index in [1.807, 2.05) is 31.2 Å². The molecule has 1 aromatic carbocycles. The third-order valence-corrected chi connectivity index (χ3v) is 5.01. The molecule has 1 aromatic heterocycles. The second-order valence-electron chi connectivity index (χ2n) is 6.01. The van der Waals surface area contributed by atoms with Crippen LogP contribution in [0.15, 0.2) is 41.1 Å². The van der Waals surface area contributed by atoms with Crippen LogP contribution in [0.2, 0.25) is 0 Å². The minimum atomic E-state index is -0.150. The molecule has 4 nitrogen and oxygen atoms in total. The maximum atomic E-state index is 12.4. The first-order valence-corrected chi connectivity index (χ1v) is 8.70. The summed E-state index contributed by atoms with van der Waals surface area (Å²) in [5.74, 6) is -0.150. The highest BCUT2D eigenvalue weighted by Crippen LogP contribution is 2.23. The monoisotopic (exact) mass is 373 g/mol. The molecule has 2 aromatic rings. The molecule has 3 rings (SSSR count). The van der Waals surface area contributed by atoms with E-state index in [0.29, 0.717) is 11.6 Å². The van der Waals surface area contributed by atoms with Crippen molar-refractivity contribution in [2.75, 3.05) is 10.6 Å². The molecule has 1 heterocycles. The van der Waals surface area contributed by atoms with Gasteiger partial charge in [-0.3, -0.25) is 9.78 Å². The maximum absolute atomic E-state index is 12.4. The van der Waals surface area contributed by atoms with Gasteiger partial charge in [0.25, 0.3) is 5.91 Å². The van der Waals surface area contributed by atoms with Crippen molar-refractivity contribution in [3.63, 3.8) is 0 Å². The Morgan fingerprint density at radius 1 is 1.17 bits per heavy atom. The van der Waals surface area contributed by atoms with E-state index in [2.05, 4.69) is 31.5 Å². The van der Waals surface area contributed by atoms with Gasteiger partial charge in [0.2, 0.25) is 0 Å². The van der Waals surface area contributed by atoms with Gasteiger partial charge in [-0.05, 0) is 43.5 Å². The number of carbonyl (C=O) groups is 1. The molecule has 1 fully saturated rings. The van der Waals surface area contributed by atoms with Crippen molar-refractivity contribution < 1.29 is 4.79 Å². The second kappa shape index (κ2) is 7.13. The van der Waals surface area contributed by atoms with E-state index in [9.17, 15) is 4.79 Å². The number of hydrogen-bond acceptors (Lipinski definition) is 3. The number of benzene rings is 1. The van der Waals surface area contributed by atoms with Gasteiger partial charge >= 0.3 is 0 Å². The highest BCUT2D eigenvalue weighted by Gasteiger charge is 2.15. The summed E-state index contributed by atoms with van der Waals surface area (Å²) in [6.07, 6.45) is 8.29. The van der Waals surface area contributed by atoms with Crippen LogP contribution >= 0.6 is 15.9 Å². The Labute approximate surface area is 144 Å². The quantitative estimate of drug-likeness (QED) is 0.811. The van der Waals surface area contributed by atoms with Crippen molar-refractivity contribution in [2.24, 2.45) is 0 Å². The van der Waals surface area contributed by atoms with Gasteiger partial charge in [-0.1, -0.05) is 34.8 Å². The lowest BCUT2D eigenvalue weighted by molar-refractivity contribution is 0.102. The third kappa shape index (κ3) is 4.10. The Balaban J connectivity index is 1.70. The first kappa shape index (κ1) is 16.0. The average molecular weight is 374 g/mol. The summed E-state index contributed by atoms with van der Waals surface area (Å²) in [6.45, 7) is 2.01. The smallest absolute Gasteiger partial charge is 0.257 e. The SMILES string of the molecule is Cc1ccc(NC(=O)c2cncc(NC3CCCC3)c2)cc1Br. The van der Waals surface area contributed by atoms with Crippen molar-refractivity contribution in [3.8, 4) is 0 Å². The van der Waals surface area contributed by atoms with Crippen LogP contribution in [0.4, 0.5) is 11.4 Å². The minimum Gasteiger partial charge on any atom is -0.381 e. The van der Waals surface area contributed by atoms with Crippen molar-refractivity contribution in [2.45, 2.75) is 38.6 Å². The molecule has 1 aliphatic carbocycles. The molecule has 0 bridgehead atoms. The summed E-state index contributed by atoms with van der Waals surface area (Å²) in [6, 6.07) is 8.14. The molecule has 0 saturated heterocycles. The largest absolute Gasteiger partial charge is 0.381 e. The molecule has 120 valence electrons. The number of hydrogen-bond donors (Lipinski definition) is 2. The molecule has 0 radical (unpaired) electrons. The Bertz CT molecular complexity index is 711. The topological polar surface area (TPSA) is 54.0 Å². The number of halogens is 1. The highest BCUT2D eigenvalue weighted by atomic mass is 79.9. The first-order chi connectivity index (χ1) is 11.1. The summed E-state index contributed by atoms with van der Waals surface area (Å²) in [7, 11) is 0. The number of nitrogens with one attached hydrogen (secondary N) is 2. The zero-order valence-electron chi connectivity index (χ0n) is 13.1. The predicted octanol–water partition coefficient (Wildman–Crippen LogP) is 4.76. The predicted molar refractivity (Wildman–Crippen MR) is 96.9 cm³/mol. The van der Waals surface area contributed by atoms with E-state index in [1.165, 1.54) is 25.7 Å². The second-order valence-corrected chi connectivity index (χ2v) is 6.86. The van der Waals surface area contributed by atoms with Crippen LogP contribution < -0.4 is 10.6 Å². The van der Waals surface area contributed by atoms with Gasteiger partial charge < -0.3 is 10.6 Å². The standard InChI is InChI=1S/C18H20BrN3O/c1-12-6-7-15(9-17(12)19)22-18(23)13-8-16(11-20-10-13)21-14-4-2-3-5-14/h6-11,14,21H,2-5H2,1H3,(H,22,23). The van der Waals surface area contributed by atoms with Gasteiger partial charge in [0.15, 0.2) is 0 Å². The van der Waals surface area contributed by atoms with E-state index in [1.54, 1.807) is 12.4 Å². The number of aromatic nitrogens is 1. The third-order valence-electron chi connectivity index (χ3n) is 4.16. The van der Waals surface area contributed by atoms with Gasteiger partial charge in [-0.25, -0.2) is 0 Å². The van der Waals surface area contributed by atoms with Crippen LogP contribution in [-0.2, 0) is 0 Å². The van der Waals surface area contributed by atoms with Crippen molar-refractivity contribution >= 4 is 33.2 Å². The summed E-state index contributed by atoms with van der Waals surface area (Å²) >= 11 is 3.48. The summed E-state index contributed by atoms with van der Waals surface area (Å²) in [5.41, 5.74) is 3.37. The lowest BCUT2D eigenvalue weighted by atomic mass is 10.2. The van der Waals surface area contributed by atoms with Gasteiger partial charge in [0.05, 0.1) is 11.3 Å². The molecule has 0 aliphatic heterocycles. The molecule has 1 saturated carbocycles. The van der Waals surface area contributed by atoms with Gasteiger partial charge in [-0.15, -0.1) is 0 Å². The van der Waals surface area contributed by atoms with Gasteiger partial charge in [0, 0.05) is 28.6 Å². The van der Waals surface area contributed by atoms with Crippen molar-refractivity contribution in [1.82, 2.24) is 4.98 Å².